The van der Waals surface area contributed by atoms with Crippen LogP contribution >= 0.6 is 11.6 Å². The van der Waals surface area contributed by atoms with Crippen LogP contribution in [0.25, 0.3) is 10.9 Å². The van der Waals surface area contributed by atoms with Crippen molar-refractivity contribution in [1.29, 1.82) is 0 Å². The van der Waals surface area contributed by atoms with E-state index in [1.165, 1.54) is 24.3 Å². The van der Waals surface area contributed by atoms with Crippen LogP contribution in [-0.4, -0.2) is 24.6 Å². The van der Waals surface area contributed by atoms with Gasteiger partial charge >= 0.3 is 6.18 Å². The van der Waals surface area contributed by atoms with E-state index in [1.54, 1.807) is 18.2 Å². The lowest BCUT2D eigenvalue weighted by molar-refractivity contribution is -0.140. The Hall–Kier alpha value is -2.38. The first-order valence-corrected chi connectivity index (χ1v) is 10.0. The molecule has 158 valence electrons. The predicted molar refractivity (Wildman–Crippen MR) is 110 cm³/mol. The average Bonchev–Trinajstić information content (AvgIpc) is 2.72. The maximum Gasteiger partial charge on any atom is 0.433 e. The summed E-state index contributed by atoms with van der Waals surface area (Å²) in [5.41, 5.74) is 0.227. The fraction of sp³-hybridized carbons (Fsp3) is 0.318. The smallest absolute Gasteiger partial charge is 0.384 e. The number of piperidine rings is 1. The van der Waals surface area contributed by atoms with Crippen molar-refractivity contribution in [2.24, 2.45) is 0 Å². The molecular formula is C22H20ClF4N3. The molecule has 4 rings (SSSR count). The maximum atomic E-state index is 13.4. The van der Waals surface area contributed by atoms with Gasteiger partial charge in [-0.05, 0) is 67.9 Å². The van der Waals surface area contributed by atoms with Gasteiger partial charge in [0.1, 0.15) is 11.5 Å². The number of aromatic nitrogens is 1. The third kappa shape index (κ3) is 4.23. The number of pyridine rings is 1. The van der Waals surface area contributed by atoms with Gasteiger partial charge in [-0.25, -0.2) is 9.37 Å². The van der Waals surface area contributed by atoms with Crippen LogP contribution in [0.5, 0.6) is 0 Å². The van der Waals surface area contributed by atoms with Gasteiger partial charge in [0.05, 0.1) is 5.52 Å². The second kappa shape index (κ2) is 8.04. The van der Waals surface area contributed by atoms with Gasteiger partial charge in [0, 0.05) is 28.1 Å². The molecule has 0 unspecified atom stereocenters. The molecule has 3 nitrogen and oxygen atoms in total. The van der Waals surface area contributed by atoms with Crippen molar-refractivity contribution in [2.75, 3.05) is 25.0 Å². The molecule has 2 aromatic carbocycles. The van der Waals surface area contributed by atoms with Gasteiger partial charge in [-0.1, -0.05) is 23.7 Å². The van der Waals surface area contributed by atoms with Gasteiger partial charge in [-0.15, -0.1) is 0 Å². The van der Waals surface area contributed by atoms with Gasteiger partial charge in [-0.3, -0.25) is 0 Å². The molecule has 2 N–H and O–H groups in total. The van der Waals surface area contributed by atoms with Gasteiger partial charge in [-0.2, -0.15) is 13.2 Å². The molecule has 1 aliphatic heterocycles. The zero-order valence-electron chi connectivity index (χ0n) is 16.0. The molecule has 0 radical (unpaired) electrons. The van der Waals surface area contributed by atoms with Gasteiger partial charge < -0.3 is 10.6 Å². The molecular weight excluding hydrogens is 418 g/mol. The highest BCUT2D eigenvalue weighted by molar-refractivity contribution is 6.31. The fourth-order valence-corrected chi connectivity index (χ4v) is 4.20. The number of halogens is 5. The van der Waals surface area contributed by atoms with E-state index in [4.69, 9.17) is 11.6 Å². The van der Waals surface area contributed by atoms with Gasteiger partial charge in [0.25, 0.3) is 0 Å². The lowest BCUT2D eigenvalue weighted by atomic mass is 9.73. The first kappa shape index (κ1) is 20.9. The number of hydrogen-bond acceptors (Lipinski definition) is 3. The summed E-state index contributed by atoms with van der Waals surface area (Å²) < 4.78 is 53.6. The highest BCUT2D eigenvalue weighted by Crippen LogP contribution is 2.37. The minimum absolute atomic E-state index is 0.220. The lowest BCUT2D eigenvalue weighted by Gasteiger charge is -2.39. The molecule has 30 heavy (non-hydrogen) atoms. The minimum atomic E-state index is -4.56. The minimum Gasteiger partial charge on any atom is -0.384 e. The molecule has 1 fully saturated rings. The van der Waals surface area contributed by atoms with E-state index in [0.29, 0.717) is 22.6 Å². The predicted octanol–water partition coefficient (Wildman–Crippen LogP) is 5.78. The quantitative estimate of drug-likeness (QED) is 0.508. The van der Waals surface area contributed by atoms with Crippen molar-refractivity contribution in [3.8, 4) is 0 Å². The normalized spacial score (nSPS) is 16.6. The van der Waals surface area contributed by atoms with Crippen LogP contribution in [0.1, 0.15) is 24.1 Å². The van der Waals surface area contributed by atoms with E-state index in [0.717, 1.165) is 37.6 Å². The molecule has 3 aromatic rings. The molecule has 0 aliphatic carbocycles. The van der Waals surface area contributed by atoms with E-state index < -0.39 is 11.9 Å². The Morgan fingerprint density at radius 1 is 1.03 bits per heavy atom. The first-order chi connectivity index (χ1) is 14.3. The van der Waals surface area contributed by atoms with Gasteiger partial charge in [0.2, 0.25) is 0 Å². The summed E-state index contributed by atoms with van der Waals surface area (Å²) in [6.45, 7) is 1.95. The second-order valence-electron chi connectivity index (χ2n) is 7.61. The highest BCUT2D eigenvalue weighted by Gasteiger charge is 2.36. The number of nitrogens with zero attached hydrogens (tertiary/aromatic N) is 1. The Bertz CT molecular complexity index is 1040. The lowest BCUT2D eigenvalue weighted by Crippen LogP contribution is -2.44. The first-order valence-electron chi connectivity index (χ1n) is 9.65. The van der Waals surface area contributed by atoms with Crippen LogP contribution < -0.4 is 10.6 Å². The summed E-state index contributed by atoms with van der Waals surface area (Å²) in [7, 11) is 0. The van der Waals surface area contributed by atoms with Crippen molar-refractivity contribution in [1.82, 2.24) is 10.3 Å². The summed E-state index contributed by atoms with van der Waals surface area (Å²) in [5.74, 6) is -0.319. The molecule has 0 atom stereocenters. The second-order valence-corrected chi connectivity index (χ2v) is 8.04. The molecule has 0 spiro atoms. The maximum absolute atomic E-state index is 13.4. The molecule has 1 aromatic heterocycles. The third-order valence-corrected chi connectivity index (χ3v) is 5.93. The molecule has 1 aliphatic rings. The zero-order valence-corrected chi connectivity index (χ0v) is 16.7. The van der Waals surface area contributed by atoms with E-state index in [9.17, 15) is 17.6 Å². The number of rotatable bonds is 4. The Kier molecular flexibility index (Phi) is 5.59. The Labute approximate surface area is 176 Å². The average molecular weight is 438 g/mol. The molecule has 0 amide bonds. The van der Waals surface area contributed by atoms with Crippen molar-refractivity contribution < 1.29 is 17.6 Å². The Morgan fingerprint density at radius 2 is 1.73 bits per heavy atom. The van der Waals surface area contributed by atoms with Crippen LogP contribution in [-0.2, 0) is 11.6 Å². The summed E-state index contributed by atoms with van der Waals surface area (Å²) in [5, 5.41) is 7.48. The number of hydrogen-bond donors (Lipinski definition) is 2. The van der Waals surface area contributed by atoms with Crippen LogP contribution in [0.3, 0.4) is 0 Å². The summed E-state index contributed by atoms with van der Waals surface area (Å²) >= 11 is 6.09. The number of anilines is 1. The van der Waals surface area contributed by atoms with Crippen LogP contribution in [0.2, 0.25) is 5.02 Å². The van der Waals surface area contributed by atoms with E-state index >= 15 is 0 Å². The number of fused-ring (bicyclic) bond motifs is 1. The van der Waals surface area contributed by atoms with Gasteiger partial charge in [0.15, 0.2) is 0 Å². The monoisotopic (exact) mass is 437 g/mol. The fourth-order valence-electron chi connectivity index (χ4n) is 4.03. The van der Waals surface area contributed by atoms with E-state index in [1.807, 2.05) is 0 Å². The summed E-state index contributed by atoms with van der Waals surface area (Å²) in [6, 6.07) is 12.0. The summed E-state index contributed by atoms with van der Waals surface area (Å²) in [6.07, 6.45) is -3.00. The van der Waals surface area contributed by atoms with Crippen LogP contribution in [0.4, 0.5) is 23.2 Å². The topological polar surface area (TPSA) is 37.0 Å². The van der Waals surface area contributed by atoms with Crippen molar-refractivity contribution in [2.45, 2.75) is 24.4 Å². The van der Waals surface area contributed by atoms with Crippen molar-refractivity contribution in [3.05, 3.63) is 70.6 Å². The number of alkyl halides is 3. The highest BCUT2D eigenvalue weighted by atomic mass is 35.5. The van der Waals surface area contributed by atoms with Crippen LogP contribution in [0, 0.1) is 5.82 Å². The van der Waals surface area contributed by atoms with E-state index in [-0.39, 0.29) is 16.7 Å². The standard InChI is InChI=1S/C22H20ClF4N3/c23-15-3-6-18-17(11-15)19(12-20(30-18)22(25,26)27)29-13-21(7-9-28-10-8-21)14-1-4-16(24)5-2-14/h1-6,11-12,28H,7-10,13H2,(H,29,30). The van der Waals surface area contributed by atoms with Crippen molar-refractivity contribution in [3.63, 3.8) is 0 Å². The van der Waals surface area contributed by atoms with E-state index in [2.05, 4.69) is 15.6 Å². The third-order valence-electron chi connectivity index (χ3n) is 5.70. The molecule has 2 heterocycles. The molecule has 1 saturated heterocycles. The zero-order chi connectivity index (χ0) is 21.4. The largest absolute Gasteiger partial charge is 0.433 e. The SMILES string of the molecule is Fc1ccc(C2(CNc3cc(C(F)(F)F)nc4ccc(Cl)cc34)CCNCC2)cc1. The Morgan fingerprint density at radius 3 is 2.40 bits per heavy atom. The van der Waals surface area contributed by atoms with Crippen LogP contribution in [0.15, 0.2) is 48.5 Å². The number of nitrogens with one attached hydrogen (secondary N) is 2. The Balaban J connectivity index is 1.73. The van der Waals surface area contributed by atoms with Crippen molar-refractivity contribution >= 4 is 28.2 Å². The summed E-state index contributed by atoms with van der Waals surface area (Å²) in [4.78, 5) is 3.75. The molecule has 8 heteroatoms. The number of benzene rings is 2. The molecule has 0 bridgehead atoms. The molecule has 0 saturated carbocycles.